The lowest BCUT2D eigenvalue weighted by atomic mass is 9.73. The van der Waals surface area contributed by atoms with Crippen LogP contribution in [0.5, 0.6) is 0 Å². The highest BCUT2D eigenvalue weighted by Gasteiger charge is 2.52. The zero-order valence-electron chi connectivity index (χ0n) is 24.7. The van der Waals surface area contributed by atoms with Crippen molar-refractivity contribution in [2.24, 2.45) is 59.2 Å². The molecule has 0 aromatic heterocycles. The van der Waals surface area contributed by atoms with Crippen LogP contribution in [0.2, 0.25) is 0 Å². The Morgan fingerprint density at radius 2 is 0.930 bits per heavy atom. The molecular formula is C35H46O8. The van der Waals surface area contributed by atoms with Gasteiger partial charge in [-0.1, -0.05) is 36.4 Å². The van der Waals surface area contributed by atoms with Gasteiger partial charge in [0.2, 0.25) is 0 Å². The molecule has 8 nitrogen and oxygen atoms in total. The zero-order valence-corrected chi connectivity index (χ0v) is 24.7. The number of aliphatic hydroxyl groups excluding tert-OH is 4. The lowest BCUT2D eigenvalue weighted by Gasteiger charge is -2.33. The van der Waals surface area contributed by atoms with Gasteiger partial charge in [0.15, 0.2) is 0 Å². The molecule has 3 aliphatic carbocycles. The standard InChI is InChI=1S/C35H46O8/c36-16-26-14-28(18-38)32(30(26)20-42-34(40)22-7-3-1-4-8-22)24-11-12-25(13-24)33-29(19-39)15-27(17-37)31(33)21-43-35(41)23-9-5-2-6-10-23/h1-10,24-33,36-39H,11-21H2. The topological polar surface area (TPSA) is 134 Å². The van der Waals surface area contributed by atoms with Gasteiger partial charge in [0, 0.05) is 38.3 Å². The molecule has 3 fully saturated rings. The van der Waals surface area contributed by atoms with Gasteiger partial charge in [0.25, 0.3) is 0 Å². The summed E-state index contributed by atoms with van der Waals surface area (Å²) in [7, 11) is 0. The maximum Gasteiger partial charge on any atom is 0.338 e. The van der Waals surface area contributed by atoms with Crippen LogP contribution in [0.1, 0.15) is 52.8 Å². The summed E-state index contributed by atoms with van der Waals surface area (Å²) in [5.74, 6) is -0.167. The number of aliphatic hydroxyl groups is 4. The van der Waals surface area contributed by atoms with E-state index in [4.69, 9.17) is 9.47 Å². The van der Waals surface area contributed by atoms with Crippen molar-refractivity contribution in [2.45, 2.75) is 32.1 Å². The fourth-order valence-corrected chi connectivity index (χ4v) is 8.96. The van der Waals surface area contributed by atoms with Gasteiger partial charge in [-0.15, -0.1) is 0 Å². The Balaban J connectivity index is 1.29. The van der Waals surface area contributed by atoms with Crippen LogP contribution >= 0.6 is 0 Å². The Bertz CT molecular complexity index is 1080. The third-order valence-corrected chi connectivity index (χ3v) is 10.9. The first kappa shape index (κ1) is 31.6. The average Bonchev–Trinajstić information content (AvgIpc) is 3.77. The number of carbonyl (C=O) groups excluding carboxylic acids is 2. The lowest BCUT2D eigenvalue weighted by Crippen LogP contribution is -2.33. The SMILES string of the molecule is O=C(OCC1C(CO)CC(CO)C1C1CCC(C2C(CO)CC(CO)C2COC(=O)c2ccccc2)C1)c1ccccc1. The van der Waals surface area contributed by atoms with Gasteiger partial charge in [0.1, 0.15) is 0 Å². The van der Waals surface area contributed by atoms with Crippen LogP contribution in [0.15, 0.2) is 60.7 Å². The van der Waals surface area contributed by atoms with E-state index < -0.39 is 0 Å². The maximum absolute atomic E-state index is 12.8. The summed E-state index contributed by atoms with van der Waals surface area (Å²) in [6.45, 7) is 0.429. The minimum absolute atomic E-state index is 0.0149. The van der Waals surface area contributed by atoms with Crippen LogP contribution in [0.4, 0.5) is 0 Å². The van der Waals surface area contributed by atoms with E-state index in [1.807, 2.05) is 12.1 Å². The van der Waals surface area contributed by atoms with Crippen LogP contribution in [-0.2, 0) is 9.47 Å². The molecule has 234 valence electrons. The predicted molar refractivity (Wildman–Crippen MR) is 160 cm³/mol. The molecule has 0 aliphatic heterocycles. The highest BCUT2D eigenvalue weighted by molar-refractivity contribution is 5.89. The molecule has 0 bridgehead atoms. The van der Waals surface area contributed by atoms with Crippen LogP contribution in [0, 0.1) is 59.2 Å². The Morgan fingerprint density at radius 3 is 1.28 bits per heavy atom. The first-order valence-electron chi connectivity index (χ1n) is 15.9. The fourth-order valence-electron chi connectivity index (χ4n) is 8.96. The summed E-state index contributed by atoms with van der Waals surface area (Å²) < 4.78 is 11.6. The van der Waals surface area contributed by atoms with Crippen LogP contribution in [0.25, 0.3) is 0 Å². The third kappa shape index (κ3) is 6.98. The molecule has 8 heteroatoms. The van der Waals surface area contributed by atoms with Crippen molar-refractivity contribution in [3.8, 4) is 0 Å². The summed E-state index contributed by atoms with van der Waals surface area (Å²) in [4.78, 5) is 25.5. The highest BCUT2D eigenvalue weighted by atomic mass is 16.5. The van der Waals surface area contributed by atoms with Gasteiger partial charge in [-0.25, -0.2) is 9.59 Å². The molecule has 3 aliphatic rings. The predicted octanol–water partition coefficient (Wildman–Crippen LogP) is 3.82. The Kier molecular flexibility index (Phi) is 10.9. The van der Waals surface area contributed by atoms with Crippen LogP contribution in [0.3, 0.4) is 0 Å². The highest BCUT2D eigenvalue weighted by Crippen LogP contribution is 2.56. The molecule has 0 saturated heterocycles. The Hall–Kier alpha value is -2.78. The van der Waals surface area contributed by atoms with E-state index >= 15 is 0 Å². The largest absolute Gasteiger partial charge is 0.462 e. The number of benzene rings is 2. The van der Waals surface area contributed by atoms with Crippen molar-refractivity contribution < 1.29 is 39.5 Å². The molecule has 0 heterocycles. The molecule has 0 amide bonds. The maximum atomic E-state index is 12.8. The normalized spacial score (nSPS) is 33.9. The molecule has 0 radical (unpaired) electrons. The van der Waals surface area contributed by atoms with Crippen molar-refractivity contribution in [1.82, 2.24) is 0 Å². The molecule has 43 heavy (non-hydrogen) atoms. The van der Waals surface area contributed by atoms with Gasteiger partial charge in [-0.05, 0) is 104 Å². The first-order chi connectivity index (χ1) is 21.0. The van der Waals surface area contributed by atoms with E-state index in [1.54, 1.807) is 48.5 Å². The van der Waals surface area contributed by atoms with Crippen molar-refractivity contribution in [1.29, 1.82) is 0 Å². The van der Waals surface area contributed by atoms with Gasteiger partial charge >= 0.3 is 11.9 Å². The smallest absolute Gasteiger partial charge is 0.338 e. The van der Waals surface area contributed by atoms with E-state index in [9.17, 15) is 30.0 Å². The molecule has 10 unspecified atom stereocenters. The molecule has 2 aromatic carbocycles. The molecule has 2 aromatic rings. The summed E-state index contributed by atoms with van der Waals surface area (Å²) in [6.07, 6.45) is 4.18. The van der Waals surface area contributed by atoms with Crippen molar-refractivity contribution in [2.75, 3.05) is 39.6 Å². The number of rotatable bonds is 12. The minimum Gasteiger partial charge on any atom is -0.462 e. The molecule has 10 atom stereocenters. The third-order valence-electron chi connectivity index (χ3n) is 10.9. The number of carbonyl (C=O) groups is 2. The van der Waals surface area contributed by atoms with E-state index in [0.717, 1.165) is 19.3 Å². The van der Waals surface area contributed by atoms with Gasteiger partial charge < -0.3 is 29.9 Å². The second-order valence-corrected chi connectivity index (χ2v) is 13.0. The van der Waals surface area contributed by atoms with Crippen molar-refractivity contribution in [3.63, 3.8) is 0 Å². The molecular weight excluding hydrogens is 548 g/mol. The van der Waals surface area contributed by atoms with E-state index in [1.165, 1.54) is 0 Å². The molecule has 3 saturated carbocycles. The molecule has 0 spiro atoms. The number of esters is 2. The van der Waals surface area contributed by atoms with E-state index in [-0.39, 0.29) is 111 Å². The summed E-state index contributed by atoms with van der Waals surface area (Å²) >= 11 is 0. The summed E-state index contributed by atoms with van der Waals surface area (Å²) in [5, 5.41) is 41.2. The first-order valence-corrected chi connectivity index (χ1v) is 15.9. The number of ether oxygens (including phenoxy) is 2. The van der Waals surface area contributed by atoms with Gasteiger partial charge in [-0.3, -0.25) is 0 Å². The van der Waals surface area contributed by atoms with Gasteiger partial charge in [0.05, 0.1) is 24.3 Å². The Morgan fingerprint density at radius 1 is 0.558 bits per heavy atom. The average molecular weight is 595 g/mol. The second kappa shape index (κ2) is 14.8. The van der Waals surface area contributed by atoms with Crippen LogP contribution in [-0.4, -0.2) is 72.0 Å². The second-order valence-electron chi connectivity index (χ2n) is 13.0. The van der Waals surface area contributed by atoms with E-state index in [0.29, 0.717) is 24.0 Å². The van der Waals surface area contributed by atoms with E-state index in [2.05, 4.69) is 0 Å². The molecule has 5 rings (SSSR count). The number of hydrogen-bond donors (Lipinski definition) is 4. The number of hydrogen-bond acceptors (Lipinski definition) is 8. The van der Waals surface area contributed by atoms with Gasteiger partial charge in [-0.2, -0.15) is 0 Å². The van der Waals surface area contributed by atoms with Crippen LogP contribution < -0.4 is 0 Å². The minimum atomic E-state index is -0.382. The molecule has 4 N–H and O–H groups in total. The summed E-state index contributed by atoms with van der Waals surface area (Å²) in [5.41, 5.74) is 0.983. The summed E-state index contributed by atoms with van der Waals surface area (Å²) in [6, 6.07) is 17.8. The van der Waals surface area contributed by atoms with Crippen molar-refractivity contribution in [3.05, 3.63) is 71.8 Å². The quantitative estimate of drug-likeness (QED) is 0.273. The monoisotopic (exact) mass is 594 g/mol. The fraction of sp³-hybridized carbons (Fsp3) is 0.600. The zero-order chi connectivity index (χ0) is 30.3. The lowest BCUT2D eigenvalue weighted by molar-refractivity contribution is 0.0206. The van der Waals surface area contributed by atoms with Crippen molar-refractivity contribution >= 4 is 11.9 Å². The Labute approximate surface area is 254 Å².